The summed E-state index contributed by atoms with van der Waals surface area (Å²) in [5.41, 5.74) is 0. The highest BCUT2D eigenvalue weighted by atomic mass is 16.5. The molecular weight excluding hydrogens is 198 g/mol. The molecule has 0 radical (unpaired) electrons. The average Bonchev–Trinajstić information content (AvgIpc) is 2.99. The standard InChI is InChI=1S/C9H19NO.C5H10/c1-10-6-7-11-8-9-4-2-3-5-9;1-2-4-5-3-1/h9-10H,2-8H2,1H3;1-5H2. The van der Waals surface area contributed by atoms with Gasteiger partial charge in [-0.25, -0.2) is 0 Å². The van der Waals surface area contributed by atoms with E-state index in [1.54, 1.807) is 0 Å². The minimum absolute atomic E-state index is 0.867. The number of hydrogen-bond donors (Lipinski definition) is 1. The largest absolute Gasteiger partial charge is 0.380 e. The van der Waals surface area contributed by atoms with Crippen LogP contribution >= 0.6 is 0 Å². The number of likely N-dealkylation sites (N-methyl/N-ethyl adjacent to an activating group) is 1. The van der Waals surface area contributed by atoms with E-state index >= 15 is 0 Å². The highest BCUT2D eigenvalue weighted by molar-refractivity contribution is 4.66. The molecule has 0 aromatic heterocycles. The minimum atomic E-state index is 0.867. The van der Waals surface area contributed by atoms with E-state index in [4.69, 9.17) is 4.74 Å². The predicted octanol–water partition coefficient (Wildman–Crippen LogP) is 3.36. The number of ether oxygens (including phenoxy) is 1. The molecule has 2 saturated carbocycles. The SMILES string of the molecule is C1CCCC1.CNCCOCC1CCCC1. The first kappa shape index (κ1) is 14.0. The van der Waals surface area contributed by atoms with Crippen molar-refractivity contribution in [1.82, 2.24) is 5.32 Å². The van der Waals surface area contributed by atoms with Gasteiger partial charge in [0.2, 0.25) is 0 Å². The Morgan fingerprint density at radius 2 is 1.50 bits per heavy atom. The summed E-state index contributed by atoms with van der Waals surface area (Å²) in [6.07, 6.45) is 13.1. The summed E-state index contributed by atoms with van der Waals surface area (Å²) in [5.74, 6) is 0.867. The Hall–Kier alpha value is -0.0800. The summed E-state index contributed by atoms with van der Waals surface area (Å²) in [6.45, 7) is 2.83. The molecule has 1 N–H and O–H groups in total. The lowest BCUT2D eigenvalue weighted by Gasteiger charge is -2.08. The van der Waals surface area contributed by atoms with Gasteiger partial charge in [-0.2, -0.15) is 0 Å². The Balaban J connectivity index is 0.000000212. The quantitative estimate of drug-likeness (QED) is 0.727. The van der Waals surface area contributed by atoms with Gasteiger partial charge in [0.25, 0.3) is 0 Å². The van der Waals surface area contributed by atoms with Crippen LogP contribution in [0.1, 0.15) is 57.8 Å². The van der Waals surface area contributed by atoms with Gasteiger partial charge in [0, 0.05) is 13.2 Å². The van der Waals surface area contributed by atoms with E-state index in [0.29, 0.717) is 0 Å². The van der Waals surface area contributed by atoms with Crippen molar-refractivity contribution in [3.8, 4) is 0 Å². The molecule has 2 heteroatoms. The van der Waals surface area contributed by atoms with Crippen LogP contribution in [0.4, 0.5) is 0 Å². The van der Waals surface area contributed by atoms with Crippen molar-refractivity contribution < 1.29 is 4.74 Å². The fourth-order valence-electron chi connectivity index (χ4n) is 2.49. The topological polar surface area (TPSA) is 21.3 Å². The maximum Gasteiger partial charge on any atom is 0.0590 e. The zero-order chi connectivity index (χ0) is 11.5. The molecule has 2 aliphatic carbocycles. The molecule has 0 heterocycles. The molecule has 0 aliphatic heterocycles. The van der Waals surface area contributed by atoms with Crippen molar-refractivity contribution >= 4 is 0 Å². The molecule has 0 aromatic rings. The van der Waals surface area contributed by atoms with Crippen LogP contribution in [0.15, 0.2) is 0 Å². The van der Waals surface area contributed by atoms with E-state index in [9.17, 15) is 0 Å². The molecule has 0 bridgehead atoms. The van der Waals surface area contributed by atoms with E-state index in [1.807, 2.05) is 7.05 Å². The van der Waals surface area contributed by atoms with Gasteiger partial charge in [-0.05, 0) is 25.8 Å². The van der Waals surface area contributed by atoms with Gasteiger partial charge in [-0.3, -0.25) is 0 Å². The Labute approximate surface area is 101 Å². The molecule has 2 rings (SSSR count). The molecule has 0 atom stereocenters. The van der Waals surface area contributed by atoms with Crippen LogP contribution in [0, 0.1) is 5.92 Å². The van der Waals surface area contributed by atoms with Gasteiger partial charge in [-0.15, -0.1) is 0 Å². The number of rotatable bonds is 5. The summed E-state index contributed by atoms with van der Waals surface area (Å²) in [4.78, 5) is 0. The van der Waals surface area contributed by atoms with Gasteiger partial charge in [0.05, 0.1) is 6.61 Å². The van der Waals surface area contributed by atoms with Crippen molar-refractivity contribution in [3.05, 3.63) is 0 Å². The molecule has 0 spiro atoms. The highest BCUT2D eigenvalue weighted by Gasteiger charge is 2.14. The zero-order valence-electron chi connectivity index (χ0n) is 11.0. The molecule has 16 heavy (non-hydrogen) atoms. The second-order valence-electron chi connectivity index (χ2n) is 5.10. The molecule has 0 amide bonds. The maximum atomic E-state index is 5.50. The number of hydrogen-bond acceptors (Lipinski definition) is 2. The van der Waals surface area contributed by atoms with Crippen LogP contribution in [0.3, 0.4) is 0 Å². The normalized spacial score (nSPS) is 20.8. The molecule has 0 aromatic carbocycles. The monoisotopic (exact) mass is 227 g/mol. The van der Waals surface area contributed by atoms with E-state index in [-0.39, 0.29) is 0 Å². The highest BCUT2D eigenvalue weighted by Crippen LogP contribution is 2.24. The van der Waals surface area contributed by atoms with Crippen LogP contribution in [0.2, 0.25) is 0 Å². The summed E-state index contributed by atoms with van der Waals surface area (Å²) in [5, 5.41) is 3.07. The van der Waals surface area contributed by atoms with Crippen LogP contribution in [-0.2, 0) is 4.74 Å². The Morgan fingerprint density at radius 1 is 0.938 bits per heavy atom. The first-order valence-electron chi connectivity index (χ1n) is 7.16. The van der Waals surface area contributed by atoms with Gasteiger partial charge in [0.1, 0.15) is 0 Å². The van der Waals surface area contributed by atoms with Crippen molar-refractivity contribution in [3.63, 3.8) is 0 Å². The smallest absolute Gasteiger partial charge is 0.0590 e. The van der Waals surface area contributed by atoms with Gasteiger partial charge in [-0.1, -0.05) is 44.9 Å². The lowest BCUT2D eigenvalue weighted by atomic mass is 10.1. The van der Waals surface area contributed by atoms with Gasteiger partial charge >= 0.3 is 0 Å². The van der Waals surface area contributed by atoms with Gasteiger partial charge in [0.15, 0.2) is 0 Å². The molecule has 0 saturated heterocycles. The maximum absolute atomic E-state index is 5.50. The van der Waals surface area contributed by atoms with E-state index in [0.717, 1.165) is 25.7 Å². The van der Waals surface area contributed by atoms with E-state index < -0.39 is 0 Å². The first-order chi connectivity index (χ1) is 7.93. The molecule has 0 unspecified atom stereocenters. The van der Waals surface area contributed by atoms with Crippen LogP contribution in [0.5, 0.6) is 0 Å². The van der Waals surface area contributed by atoms with Crippen molar-refractivity contribution in [2.75, 3.05) is 26.8 Å². The molecule has 2 nitrogen and oxygen atoms in total. The van der Waals surface area contributed by atoms with Crippen LogP contribution in [-0.4, -0.2) is 26.8 Å². The second kappa shape index (κ2) is 10.1. The third-order valence-electron chi connectivity index (χ3n) is 3.57. The fraction of sp³-hybridized carbons (Fsp3) is 1.00. The second-order valence-corrected chi connectivity index (χ2v) is 5.10. The lowest BCUT2D eigenvalue weighted by Crippen LogP contribution is -2.16. The molecule has 96 valence electrons. The van der Waals surface area contributed by atoms with E-state index in [2.05, 4.69) is 5.32 Å². The summed E-state index contributed by atoms with van der Waals surface area (Å²) < 4.78 is 5.50. The Morgan fingerprint density at radius 3 is 2.00 bits per heavy atom. The summed E-state index contributed by atoms with van der Waals surface area (Å²) in [6, 6.07) is 0. The first-order valence-corrected chi connectivity index (χ1v) is 7.16. The van der Waals surface area contributed by atoms with Crippen LogP contribution in [0.25, 0.3) is 0 Å². The Kier molecular flexibility index (Phi) is 8.83. The molecular formula is C14H29NO. The van der Waals surface area contributed by atoms with Gasteiger partial charge < -0.3 is 10.1 Å². The van der Waals surface area contributed by atoms with Crippen LogP contribution < -0.4 is 5.32 Å². The number of nitrogens with one attached hydrogen (secondary N) is 1. The fourth-order valence-corrected chi connectivity index (χ4v) is 2.49. The summed E-state index contributed by atoms with van der Waals surface area (Å²) >= 11 is 0. The lowest BCUT2D eigenvalue weighted by molar-refractivity contribution is 0.104. The third kappa shape index (κ3) is 7.24. The van der Waals surface area contributed by atoms with Crippen molar-refractivity contribution in [2.45, 2.75) is 57.8 Å². The predicted molar refractivity (Wildman–Crippen MR) is 69.8 cm³/mol. The molecule has 2 aliphatic rings. The van der Waals surface area contributed by atoms with Crippen molar-refractivity contribution in [2.24, 2.45) is 5.92 Å². The minimum Gasteiger partial charge on any atom is -0.380 e. The third-order valence-corrected chi connectivity index (χ3v) is 3.57. The van der Waals surface area contributed by atoms with Crippen molar-refractivity contribution in [1.29, 1.82) is 0 Å². The molecule has 2 fully saturated rings. The summed E-state index contributed by atoms with van der Waals surface area (Å²) in [7, 11) is 1.96. The van der Waals surface area contributed by atoms with E-state index in [1.165, 1.54) is 57.8 Å². The Bertz CT molecular complexity index is 132. The average molecular weight is 227 g/mol. The zero-order valence-corrected chi connectivity index (χ0v) is 11.0.